The fourth-order valence-corrected chi connectivity index (χ4v) is 1.43. The third-order valence-electron chi connectivity index (χ3n) is 2.07. The Bertz CT molecular complexity index is 337. The maximum absolute atomic E-state index is 12.4. The minimum atomic E-state index is -4.42. The van der Waals surface area contributed by atoms with Crippen LogP contribution in [0.15, 0.2) is 18.2 Å². The van der Waals surface area contributed by atoms with Gasteiger partial charge in [0.25, 0.3) is 0 Å². The molecular weight excluding hydrogens is 241 g/mol. The number of hydrogen-bond acceptors (Lipinski definition) is 2. The Balaban J connectivity index is 2.82. The Kier molecular flexibility index (Phi) is 4.41. The van der Waals surface area contributed by atoms with Gasteiger partial charge in [-0.3, -0.25) is 0 Å². The van der Waals surface area contributed by atoms with E-state index in [1.807, 2.05) is 6.92 Å². The van der Waals surface area contributed by atoms with Gasteiger partial charge < -0.3 is 5.32 Å². The van der Waals surface area contributed by atoms with Gasteiger partial charge in [0.15, 0.2) is 0 Å². The Labute approximate surface area is 96.8 Å². The molecule has 1 aromatic heterocycles. The fraction of sp³-hybridized carbons (Fsp3) is 0.500. The first-order valence-electron chi connectivity index (χ1n) is 4.84. The maximum atomic E-state index is 12.4. The molecule has 0 spiro atoms. The van der Waals surface area contributed by atoms with Gasteiger partial charge >= 0.3 is 6.18 Å². The molecule has 1 N–H and O–H groups in total. The Hall–Kier alpha value is -0.970. The molecule has 0 aliphatic carbocycles. The molecule has 16 heavy (non-hydrogen) atoms. The number of rotatable bonds is 4. The molecule has 0 fully saturated rings. The second kappa shape index (κ2) is 5.39. The lowest BCUT2D eigenvalue weighted by Crippen LogP contribution is -2.21. The number of pyridine rings is 1. The van der Waals surface area contributed by atoms with E-state index in [0.717, 1.165) is 12.5 Å². The zero-order valence-electron chi connectivity index (χ0n) is 8.68. The minimum absolute atomic E-state index is 0.0716. The Morgan fingerprint density at radius 1 is 1.44 bits per heavy atom. The number of aromatic nitrogens is 1. The van der Waals surface area contributed by atoms with E-state index in [-0.39, 0.29) is 11.9 Å². The standard InChI is InChI=1S/C10H12ClF3N2/c1-2-7(6-11)15-9-5-3-4-8(16-9)10(12,13)14/h3-5,7H,2,6H2,1H3,(H,15,16). The van der Waals surface area contributed by atoms with E-state index >= 15 is 0 Å². The van der Waals surface area contributed by atoms with E-state index in [9.17, 15) is 13.2 Å². The molecule has 0 aliphatic rings. The molecule has 1 aromatic rings. The summed E-state index contributed by atoms with van der Waals surface area (Å²) in [6.45, 7) is 1.90. The van der Waals surface area contributed by atoms with Crippen LogP contribution < -0.4 is 5.32 Å². The third kappa shape index (κ3) is 3.56. The van der Waals surface area contributed by atoms with Crippen molar-refractivity contribution in [3.63, 3.8) is 0 Å². The molecule has 1 atom stereocenters. The van der Waals surface area contributed by atoms with Crippen LogP contribution in [0.3, 0.4) is 0 Å². The van der Waals surface area contributed by atoms with Gasteiger partial charge in [0.1, 0.15) is 11.5 Å². The molecule has 0 bridgehead atoms. The summed E-state index contributed by atoms with van der Waals surface area (Å²) in [6, 6.07) is 3.67. The first-order chi connectivity index (χ1) is 7.47. The molecule has 0 saturated heterocycles. The first kappa shape index (κ1) is 13.1. The summed E-state index contributed by atoms with van der Waals surface area (Å²) in [5, 5.41) is 2.85. The largest absolute Gasteiger partial charge is 0.433 e. The first-order valence-corrected chi connectivity index (χ1v) is 5.37. The second-order valence-corrected chi connectivity index (χ2v) is 3.62. The topological polar surface area (TPSA) is 24.9 Å². The molecule has 1 rings (SSSR count). The molecule has 0 saturated carbocycles. The van der Waals surface area contributed by atoms with Crippen LogP contribution in [0.2, 0.25) is 0 Å². The SMILES string of the molecule is CCC(CCl)Nc1cccc(C(F)(F)F)n1. The van der Waals surface area contributed by atoms with Gasteiger partial charge in [0.2, 0.25) is 0 Å². The van der Waals surface area contributed by atoms with Gasteiger partial charge in [-0.1, -0.05) is 13.0 Å². The highest BCUT2D eigenvalue weighted by Gasteiger charge is 2.32. The van der Waals surface area contributed by atoms with Crippen LogP contribution in [0.5, 0.6) is 0 Å². The highest BCUT2D eigenvalue weighted by Crippen LogP contribution is 2.28. The molecule has 6 heteroatoms. The van der Waals surface area contributed by atoms with Gasteiger partial charge in [-0.2, -0.15) is 13.2 Å². The quantitative estimate of drug-likeness (QED) is 0.830. The van der Waals surface area contributed by atoms with E-state index in [0.29, 0.717) is 5.88 Å². The van der Waals surface area contributed by atoms with E-state index in [1.165, 1.54) is 12.1 Å². The summed E-state index contributed by atoms with van der Waals surface area (Å²) in [5.74, 6) is 0.524. The van der Waals surface area contributed by atoms with Crippen LogP contribution in [0.4, 0.5) is 19.0 Å². The van der Waals surface area contributed by atoms with Crippen LogP contribution in [0, 0.1) is 0 Å². The normalized spacial score (nSPS) is 13.6. The average Bonchev–Trinajstić information content (AvgIpc) is 2.25. The lowest BCUT2D eigenvalue weighted by atomic mass is 10.2. The Morgan fingerprint density at radius 2 is 2.12 bits per heavy atom. The van der Waals surface area contributed by atoms with Crippen LogP contribution in [-0.4, -0.2) is 16.9 Å². The molecule has 0 amide bonds. The van der Waals surface area contributed by atoms with Gasteiger partial charge in [-0.25, -0.2) is 4.98 Å². The van der Waals surface area contributed by atoms with E-state index in [4.69, 9.17) is 11.6 Å². The second-order valence-electron chi connectivity index (χ2n) is 3.31. The van der Waals surface area contributed by atoms with Crippen LogP contribution in [-0.2, 0) is 6.18 Å². The number of nitrogens with zero attached hydrogens (tertiary/aromatic N) is 1. The minimum Gasteiger partial charge on any atom is -0.366 e. The smallest absolute Gasteiger partial charge is 0.366 e. The van der Waals surface area contributed by atoms with E-state index < -0.39 is 11.9 Å². The van der Waals surface area contributed by atoms with Crippen LogP contribution in [0.25, 0.3) is 0 Å². The molecule has 90 valence electrons. The van der Waals surface area contributed by atoms with Crippen LogP contribution in [0.1, 0.15) is 19.0 Å². The molecule has 1 unspecified atom stereocenters. The number of anilines is 1. The predicted octanol–water partition coefficient (Wildman–Crippen LogP) is 3.53. The molecular formula is C10H12ClF3N2. The number of alkyl halides is 4. The van der Waals surface area contributed by atoms with Crippen molar-refractivity contribution in [2.45, 2.75) is 25.6 Å². The van der Waals surface area contributed by atoms with Gasteiger partial charge in [0.05, 0.1) is 0 Å². The summed E-state index contributed by atoms with van der Waals surface area (Å²) in [6.07, 6.45) is -3.69. The molecule has 1 heterocycles. The molecule has 2 nitrogen and oxygen atoms in total. The summed E-state index contributed by atoms with van der Waals surface area (Å²) in [5.41, 5.74) is -0.901. The zero-order valence-corrected chi connectivity index (χ0v) is 9.44. The summed E-state index contributed by atoms with van der Waals surface area (Å²) < 4.78 is 37.1. The van der Waals surface area contributed by atoms with E-state index in [2.05, 4.69) is 10.3 Å². The monoisotopic (exact) mass is 252 g/mol. The van der Waals surface area contributed by atoms with Crippen molar-refractivity contribution in [2.24, 2.45) is 0 Å². The van der Waals surface area contributed by atoms with Crippen molar-refractivity contribution >= 4 is 17.4 Å². The molecule has 0 radical (unpaired) electrons. The zero-order chi connectivity index (χ0) is 12.2. The number of hydrogen-bond donors (Lipinski definition) is 1. The van der Waals surface area contributed by atoms with Crippen molar-refractivity contribution in [3.05, 3.63) is 23.9 Å². The fourth-order valence-electron chi connectivity index (χ4n) is 1.13. The lowest BCUT2D eigenvalue weighted by molar-refractivity contribution is -0.141. The molecule has 0 aliphatic heterocycles. The highest BCUT2D eigenvalue weighted by atomic mass is 35.5. The highest BCUT2D eigenvalue weighted by molar-refractivity contribution is 6.18. The molecule has 0 aromatic carbocycles. The van der Waals surface area contributed by atoms with Gasteiger partial charge in [0, 0.05) is 11.9 Å². The van der Waals surface area contributed by atoms with Crippen molar-refractivity contribution < 1.29 is 13.2 Å². The van der Waals surface area contributed by atoms with Gasteiger partial charge in [-0.05, 0) is 18.6 Å². The van der Waals surface area contributed by atoms with Crippen molar-refractivity contribution in [1.82, 2.24) is 4.98 Å². The summed E-state index contributed by atoms with van der Waals surface area (Å²) in [7, 11) is 0. The third-order valence-corrected chi connectivity index (χ3v) is 2.44. The average molecular weight is 253 g/mol. The lowest BCUT2D eigenvalue weighted by Gasteiger charge is -2.15. The number of halogens is 4. The summed E-state index contributed by atoms with van der Waals surface area (Å²) in [4.78, 5) is 3.48. The maximum Gasteiger partial charge on any atom is 0.433 e. The van der Waals surface area contributed by atoms with Crippen molar-refractivity contribution in [3.8, 4) is 0 Å². The van der Waals surface area contributed by atoms with Crippen LogP contribution >= 0.6 is 11.6 Å². The van der Waals surface area contributed by atoms with Crippen molar-refractivity contribution in [2.75, 3.05) is 11.2 Å². The Morgan fingerprint density at radius 3 is 2.62 bits per heavy atom. The summed E-state index contributed by atoms with van der Waals surface area (Å²) >= 11 is 5.63. The van der Waals surface area contributed by atoms with Gasteiger partial charge in [-0.15, -0.1) is 11.6 Å². The number of nitrogens with one attached hydrogen (secondary N) is 1. The van der Waals surface area contributed by atoms with Crippen molar-refractivity contribution in [1.29, 1.82) is 0 Å². The predicted molar refractivity (Wildman–Crippen MR) is 57.7 cm³/mol. The van der Waals surface area contributed by atoms with E-state index in [1.54, 1.807) is 0 Å².